The summed E-state index contributed by atoms with van der Waals surface area (Å²) in [5.74, 6) is -2.77. The highest BCUT2D eigenvalue weighted by Gasteiger charge is 2.18. The molecule has 1 N–H and O–H groups in total. The Morgan fingerprint density at radius 3 is 2.81 bits per heavy atom. The van der Waals surface area contributed by atoms with Gasteiger partial charge in [-0.3, -0.25) is 4.79 Å². The van der Waals surface area contributed by atoms with Gasteiger partial charge in [0, 0.05) is 13.0 Å². The first-order valence-corrected chi connectivity index (χ1v) is 6.39. The molecule has 2 aromatic rings. The van der Waals surface area contributed by atoms with Gasteiger partial charge in [0.1, 0.15) is 11.6 Å². The van der Waals surface area contributed by atoms with E-state index in [-0.39, 0.29) is 35.3 Å². The lowest BCUT2D eigenvalue weighted by Gasteiger charge is -2.10. The lowest BCUT2D eigenvalue weighted by Crippen LogP contribution is -2.14. The average Bonchev–Trinajstić information content (AvgIpc) is 2.80. The van der Waals surface area contributed by atoms with Crippen LogP contribution in [0.3, 0.4) is 0 Å². The molecule has 0 amide bonds. The molecule has 21 heavy (non-hydrogen) atoms. The van der Waals surface area contributed by atoms with Gasteiger partial charge >= 0.3 is 5.97 Å². The monoisotopic (exact) mass is 316 g/mol. The SMILES string of the molecule is CC(CC(=O)O)Cn1nnnc1-c1cc(F)c(Cl)cc1F. The lowest BCUT2D eigenvalue weighted by molar-refractivity contribution is -0.138. The molecule has 1 atom stereocenters. The third-order valence-electron chi connectivity index (χ3n) is 2.79. The number of tetrazole rings is 1. The first-order valence-electron chi connectivity index (χ1n) is 6.01. The summed E-state index contributed by atoms with van der Waals surface area (Å²) in [4.78, 5) is 10.6. The van der Waals surface area contributed by atoms with Crippen LogP contribution in [-0.4, -0.2) is 31.3 Å². The average molecular weight is 317 g/mol. The van der Waals surface area contributed by atoms with Gasteiger partial charge in [-0.1, -0.05) is 18.5 Å². The van der Waals surface area contributed by atoms with Crippen LogP contribution in [0.1, 0.15) is 13.3 Å². The number of carboxylic acid groups (broad SMARTS) is 1. The summed E-state index contributed by atoms with van der Waals surface area (Å²) in [5, 5.41) is 19.1. The quantitative estimate of drug-likeness (QED) is 0.857. The largest absolute Gasteiger partial charge is 0.481 e. The molecule has 1 heterocycles. The van der Waals surface area contributed by atoms with Crippen molar-refractivity contribution in [2.45, 2.75) is 19.9 Å². The van der Waals surface area contributed by atoms with Gasteiger partial charge in [-0.2, -0.15) is 0 Å². The molecule has 0 bridgehead atoms. The third-order valence-corrected chi connectivity index (χ3v) is 3.08. The molecule has 6 nitrogen and oxygen atoms in total. The zero-order valence-electron chi connectivity index (χ0n) is 10.9. The van der Waals surface area contributed by atoms with Crippen molar-refractivity contribution in [2.75, 3.05) is 0 Å². The minimum atomic E-state index is -0.958. The predicted molar refractivity (Wildman–Crippen MR) is 69.6 cm³/mol. The Balaban J connectivity index is 2.32. The second-order valence-corrected chi connectivity index (χ2v) is 5.04. The summed E-state index contributed by atoms with van der Waals surface area (Å²) >= 11 is 5.49. The Bertz CT molecular complexity index is 677. The zero-order chi connectivity index (χ0) is 15.6. The summed E-state index contributed by atoms with van der Waals surface area (Å²) in [6, 6.07) is 1.74. The maximum absolute atomic E-state index is 13.9. The number of carboxylic acids is 1. The number of aliphatic carboxylic acids is 1. The van der Waals surface area contributed by atoms with Crippen LogP contribution in [0, 0.1) is 17.6 Å². The standard InChI is InChI=1S/C12H11ClF2N4O2/c1-6(2-11(20)21)5-19-12(16-17-18-19)7-3-10(15)8(13)4-9(7)14/h3-4,6H,2,5H2,1H3,(H,20,21). The summed E-state index contributed by atoms with van der Waals surface area (Å²) in [7, 11) is 0. The Morgan fingerprint density at radius 2 is 2.14 bits per heavy atom. The maximum atomic E-state index is 13.9. The van der Waals surface area contributed by atoms with E-state index in [0.717, 1.165) is 12.1 Å². The highest BCUT2D eigenvalue weighted by atomic mass is 35.5. The molecule has 0 spiro atoms. The van der Waals surface area contributed by atoms with Crippen LogP contribution >= 0.6 is 11.6 Å². The molecule has 0 radical (unpaired) electrons. The number of carbonyl (C=O) groups is 1. The van der Waals surface area contributed by atoms with Crippen LogP contribution in [-0.2, 0) is 11.3 Å². The topological polar surface area (TPSA) is 80.9 Å². The number of aromatic nitrogens is 4. The van der Waals surface area contributed by atoms with Crippen LogP contribution in [0.4, 0.5) is 8.78 Å². The van der Waals surface area contributed by atoms with Gasteiger partial charge in [0.15, 0.2) is 5.82 Å². The molecule has 0 aliphatic rings. The van der Waals surface area contributed by atoms with Crippen LogP contribution < -0.4 is 0 Å². The highest BCUT2D eigenvalue weighted by molar-refractivity contribution is 6.30. The van der Waals surface area contributed by atoms with E-state index in [1.165, 1.54) is 4.68 Å². The number of nitrogens with zero attached hydrogens (tertiary/aromatic N) is 4. The van der Waals surface area contributed by atoms with E-state index in [9.17, 15) is 13.6 Å². The number of rotatable bonds is 5. The van der Waals surface area contributed by atoms with E-state index in [0.29, 0.717) is 0 Å². The van der Waals surface area contributed by atoms with E-state index in [1.54, 1.807) is 6.92 Å². The van der Waals surface area contributed by atoms with Crippen molar-refractivity contribution >= 4 is 17.6 Å². The Hall–Kier alpha value is -2.09. The molecule has 9 heteroatoms. The smallest absolute Gasteiger partial charge is 0.303 e. The second-order valence-electron chi connectivity index (χ2n) is 4.63. The van der Waals surface area contributed by atoms with E-state index in [4.69, 9.17) is 16.7 Å². The molecular weight excluding hydrogens is 306 g/mol. The van der Waals surface area contributed by atoms with E-state index in [2.05, 4.69) is 15.5 Å². The molecular formula is C12H11ClF2N4O2. The molecule has 2 rings (SSSR count). The third kappa shape index (κ3) is 3.52. The molecule has 0 aliphatic heterocycles. The maximum Gasteiger partial charge on any atom is 0.303 e. The van der Waals surface area contributed by atoms with Crippen molar-refractivity contribution in [2.24, 2.45) is 5.92 Å². The van der Waals surface area contributed by atoms with Gasteiger partial charge < -0.3 is 5.11 Å². The van der Waals surface area contributed by atoms with Crippen molar-refractivity contribution in [1.29, 1.82) is 0 Å². The van der Waals surface area contributed by atoms with E-state index in [1.807, 2.05) is 0 Å². The molecule has 1 unspecified atom stereocenters. The van der Waals surface area contributed by atoms with Crippen molar-refractivity contribution < 1.29 is 18.7 Å². The highest BCUT2D eigenvalue weighted by Crippen LogP contribution is 2.26. The Labute approximate surface area is 123 Å². The van der Waals surface area contributed by atoms with Gasteiger partial charge in [0.05, 0.1) is 10.6 Å². The number of hydrogen-bond acceptors (Lipinski definition) is 4. The minimum absolute atomic E-state index is 0.0142. The van der Waals surface area contributed by atoms with E-state index >= 15 is 0 Å². The summed E-state index contributed by atoms with van der Waals surface area (Å²) in [5.41, 5.74) is -0.135. The van der Waals surface area contributed by atoms with Crippen molar-refractivity contribution in [1.82, 2.24) is 20.2 Å². The number of halogens is 3. The number of benzene rings is 1. The van der Waals surface area contributed by atoms with Gasteiger partial charge in [-0.25, -0.2) is 13.5 Å². The van der Waals surface area contributed by atoms with Gasteiger partial charge in [0.25, 0.3) is 0 Å². The summed E-state index contributed by atoms with van der Waals surface area (Å²) in [6.45, 7) is 1.86. The molecule has 112 valence electrons. The fourth-order valence-corrected chi connectivity index (χ4v) is 2.02. The molecule has 0 aliphatic carbocycles. The fourth-order valence-electron chi connectivity index (χ4n) is 1.87. The molecule has 0 fully saturated rings. The van der Waals surface area contributed by atoms with Crippen molar-refractivity contribution in [3.8, 4) is 11.4 Å². The minimum Gasteiger partial charge on any atom is -0.481 e. The molecule has 0 saturated carbocycles. The molecule has 1 aromatic carbocycles. The molecule has 0 saturated heterocycles. The van der Waals surface area contributed by atoms with Crippen LogP contribution in [0.5, 0.6) is 0 Å². The van der Waals surface area contributed by atoms with Crippen molar-refractivity contribution in [3.05, 3.63) is 28.8 Å². The lowest BCUT2D eigenvalue weighted by atomic mass is 10.1. The van der Waals surface area contributed by atoms with Crippen molar-refractivity contribution in [3.63, 3.8) is 0 Å². The first kappa shape index (κ1) is 15.3. The zero-order valence-corrected chi connectivity index (χ0v) is 11.7. The normalized spacial score (nSPS) is 12.4. The summed E-state index contributed by atoms with van der Waals surface area (Å²) in [6.07, 6.45) is -0.0865. The van der Waals surface area contributed by atoms with Gasteiger partial charge in [0.2, 0.25) is 0 Å². The first-order chi connectivity index (χ1) is 9.88. The second kappa shape index (κ2) is 6.13. The Kier molecular flexibility index (Phi) is 4.46. The van der Waals surface area contributed by atoms with Gasteiger partial charge in [-0.15, -0.1) is 5.10 Å². The fraction of sp³-hybridized carbons (Fsp3) is 0.333. The summed E-state index contributed by atoms with van der Waals surface area (Å²) < 4.78 is 28.6. The van der Waals surface area contributed by atoms with Crippen LogP contribution in [0.15, 0.2) is 12.1 Å². The molecule has 1 aromatic heterocycles. The number of hydrogen-bond donors (Lipinski definition) is 1. The van der Waals surface area contributed by atoms with Crippen LogP contribution in [0.25, 0.3) is 11.4 Å². The van der Waals surface area contributed by atoms with Crippen LogP contribution in [0.2, 0.25) is 5.02 Å². The van der Waals surface area contributed by atoms with E-state index < -0.39 is 17.6 Å². The van der Waals surface area contributed by atoms with Gasteiger partial charge in [-0.05, 0) is 28.5 Å². The predicted octanol–water partition coefficient (Wildman–Crippen LogP) is 2.38. The Morgan fingerprint density at radius 1 is 1.43 bits per heavy atom.